The molecule has 3 nitrogen and oxygen atoms in total. The summed E-state index contributed by atoms with van der Waals surface area (Å²) in [5.41, 5.74) is 6.35. The Bertz CT molecular complexity index is 1600. The van der Waals surface area contributed by atoms with Crippen molar-refractivity contribution >= 4 is 25.0 Å². The number of hydrogen-bond donors (Lipinski definition) is 0. The lowest BCUT2D eigenvalue weighted by Crippen LogP contribution is -2.49. The zero-order valence-corrected chi connectivity index (χ0v) is 40.2. The van der Waals surface area contributed by atoms with E-state index in [1.165, 1.54) is 48.8 Å². The minimum atomic E-state index is -2.00. The molecule has 0 N–H and O–H groups in total. The number of hydrogen-bond acceptors (Lipinski definition) is 3. The number of benzene rings is 1. The molecule has 0 bridgehead atoms. The van der Waals surface area contributed by atoms with Crippen LogP contribution in [-0.4, -0.2) is 37.2 Å². The Morgan fingerprint density at radius 3 is 2.08 bits per heavy atom. The van der Waals surface area contributed by atoms with Gasteiger partial charge in [0.25, 0.3) is 0 Å². The Morgan fingerprint density at radius 2 is 1.47 bits per heavy atom. The third-order valence-electron chi connectivity index (χ3n) is 13.9. The quantitative estimate of drug-likeness (QED) is 0.185. The maximum absolute atomic E-state index is 7.13. The fourth-order valence-electron chi connectivity index (χ4n) is 9.10. The van der Waals surface area contributed by atoms with Gasteiger partial charge in [0.1, 0.15) is 0 Å². The summed E-state index contributed by atoms with van der Waals surface area (Å²) >= 11 is 0. The highest BCUT2D eigenvalue weighted by atomic mass is 28.4. The lowest BCUT2D eigenvalue weighted by atomic mass is 9.61. The molecule has 1 aromatic rings. The van der Waals surface area contributed by atoms with Crippen LogP contribution in [0.3, 0.4) is 0 Å². The normalized spacial score (nSPS) is 28.5. The van der Waals surface area contributed by atoms with Gasteiger partial charge in [0.05, 0.1) is 17.8 Å². The van der Waals surface area contributed by atoms with E-state index < -0.39 is 25.0 Å². The van der Waals surface area contributed by atoms with Gasteiger partial charge in [-0.1, -0.05) is 110 Å². The molecule has 0 heterocycles. The van der Waals surface area contributed by atoms with Crippen molar-refractivity contribution in [3.8, 4) is 11.8 Å². The van der Waals surface area contributed by atoms with Gasteiger partial charge in [-0.05, 0) is 148 Å². The molecular weight excluding hydrogens is 697 g/mol. The Morgan fingerprint density at radius 1 is 0.868 bits per heavy atom. The van der Waals surface area contributed by atoms with E-state index in [0.29, 0.717) is 17.8 Å². The Balaban J connectivity index is 1.60. The standard InChI is InChI=1S/C47H78O3Si3/c1-34(25-26-36-22-19-20-24-41(36)46(9,10)50-51(12,13)14)40-29-30-42-37(23-21-31-47(40,42)11)27-28-38-32-39(48-52(15,16)44(3,4)5)33-43(35(38)2)49-53(17,18)45(6,7)8/h19-20,22,24,27-28,34,39-40,42-43H,2,21,23,29-33H2,1,3-18H3/b37-27+,38-28-/t34-,39+,40+,42-,43-,47+/m0/s1. The third-order valence-corrected chi connectivity index (χ3v) is 24.1. The molecule has 0 aliphatic heterocycles. The van der Waals surface area contributed by atoms with E-state index in [0.717, 1.165) is 18.4 Å². The molecule has 3 aliphatic carbocycles. The van der Waals surface area contributed by atoms with Crippen LogP contribution in [0.25, 0.3) is 0 Å². The second-order valence-electron chi connectivity index (χ2n) is 21.7. The van der Waals surface area contributed by atoms with Gasteiger partial charge in [0.2, 0.25) is 0 Å². The minimum absolute atomic E-state index is 0.00812. The molecule has 3 fully saturated rings. The summed E-state index contributed by atoms with van der Waals surface area (Å²) in [6.07, 6.45) is 13.2. The largest absolute Gasteiger partial charge is 0.413 e. The van der Waals surface area contributed by atoms with Gasteiger partial charge in [-0.2, -0.15) is 0 Å². The summed E-state index contributed by atoms with van der Waals surface area (Å²) in [6, 6.07) is 8.63. The highest BCUT2D eigenvalue weighted by Crippen LogP contribution is 2.59. The second kappa shape index (κ2) is 15.8. The van der Waals surface area contributed by atoms with Crippen molar-refractivity contribution in [2.24, 2.45) is 23.2 Å². The molecule has 0 spiro atoms. The third kappa shape index (κ3) is 10.3. The van der Waals surface area contributed by atoms with Gasteiger partial charge in [-0.15, -0.1) is 0 Å². The van der Waals surface area contributed by atoms with E-state index in [-0.39, 0.29) is 33.3 Å². The van der Waals surface area contributed by atoms with Crippen LogP contribution in [0.5, 0.6) is 0 Å². The maximum Gasteiger partial charge on any atom is 0.192 e. The van der Waals surface area contributed by atoms with Crippen LogP contribution >= 0.6 is 0 Å². The van der Waals surface area contributed by atoms with Crippen LogP contribution < -0.4 is 0 Å². The van der Waals surface area contributed by atoms with Crippen molar-refractivity contribution in [3.05, 3.63) is 70.8 Å². The van der Waals surface area contributed by atoms with Crippen molar-refractivity contribution < 1.29 is 13.3 Å². The van der Waals surface area contributed by atoms with Crippen molar-refractivity contribution in [2.75, 3.05) is 0 Å². The van der Waals surface area contributed by atoms with Crippen molar-refractivity contribution in [1.82, 2.24) is 0 Å². The first-order valence-corrected chi connectivity index (χ1v) is 30.1. The highest BCUT2D eigenvalue weighted by molar-refractivity contribution is 6.74. The molecular formula is C47H78O3Si3. The van der Waals surface area contributed by atoms with E-state index in [1.54, 1.807) is 5.57 Å². The first-order valence-electron chi connectivity index (χ1n) is 20.8. The first-order chi connectivity index (χ1) is 24.1. The molecule has 0 saturated heterocycles. The van der Waals surface area contributed by atoms with Crippen LogP contribution in [0.15, 0.2) is 59.7 Å². The molecule has 3 saturated carbocycles. The monoisotopic (exact) mass is 775 g/mol. The Kier molecular flexibility index (Phi) is 13.2. The van der Waals surface area contributed by atoms with Crippen LogP contribution in [0, 0.1) is 35.0 Å². The summed E-state index contributed by atoms with van der Waals surface area (Å²) < 4.78 is 20.9. The van der Waals surface area contributed by atoms with Crippen molar-refractivity contribution in [2.45, 2.75) is 188 Å². The summed E-state index contributed by atoms with van der Waals surface area (Å²) in [4.78, 5) is 0. The van der Waals surface area contributed by atoms with Crippen LogP contribution in [-0.2, 0) is 18.9 Å². The minimum Gasteiger partial charge on any atom is -0.413 e. The average Bonchev–Trinajstić information content (AvgIpc) is 3.36. The van der Waals surface area contributed by atoms with Crippen LogP contribution in [0.2, 0.25) is 55.9 Å². The van der Waals surface area contributed by atoms with Gasteiger partial charge in [-0.25, -0.2) is 0 Å². The zero-order chi connectivity index (χ0) is 40.0. The predicted octanol–water partition coefficient (Wildman–Crippen LogP) is 14.0. The smallest absolute Gasteiger partial charge is 0.192 e. The van der Waals surface area contributed by atoms with Gasteiger partial charge >= 0.3 is 0 Å². The molecule has 0 unspecified atom stereocenters. The first kappa shape index (κ1) is 44.2. The van der Waals surface area contributed by atoms with Gasteiger partial charge in [0.15, 0.2) is 25.0 Å². The summed E-state index contributed by atoms with van der Waals surface area (Å²) in [6.45, 7) is 44.4. The summed E-state index contributed by atoms with van der Waals surface area (Å²) in [5.74, 6) is 8.98. The van der Waals surface area contributed by atoms with Crippen molar-refractivity contribution in [1.29, 1.82) is 0 Å². The molecule has 0 aromatic heterocycles. The van der Waals surface area contributed by atoms with E-state index in [2.05, 4.69) is 163 Å². The van der Waals surface area contributed by atoms with Crippen LogP contribution in [0.1, 0.15) is 125 Å². The molecule has 6 heteroatoms. The summed E-state index contributed by atoms with van der Waals surface area (Å²) in [7, 11) is -5.69. The topological polar surface area (TPSA) is 27.7 Å². The molecule has 0 radical (unpaired) electrons. The SMILES string of the molecule is C=C1/C(=C\C=C2/CCC[C@]3(C)[C@@H]([C@@H](C)C#Cc4ccccc4C(C)(C)O[Si](C)(C)C)CC[C@@H]23)C[C@@H](O[Si](C)(C)C(C)(C)C)C[C@@H]1O[Si](C)(C)C(C)(C)C. The molecule has 6 atom stereocenters. The van der Waals surface area contributed by atoms with E-state index >= 15 is 0 Å². The van der Waals surface area contributed by atoms with Gasteiger partial charge in [-0.3, -0.25) is 0 Å². The molecule has 1 aromatic carbocycles. The molecule has 296 valence electrons. The summed E-state index contributed by atoms with van der Waals surface area (Å²) in [5, 5.41) is 0.305. The maximum atomic E-state index is 7.13. The molecule has 53 heavy (non-hydrogen) atoms. The highest BCUT2D eigenvalue weighted by Gasteiger charge is 2.51. The second-order valence-corrected chi connectivity index (χ2v) is 35.6. The predicted molar refractivity (Wildman–Crippen MR) is 237 cm³/mol. The fourth-order valence-corrected chi connectivity index (χ4v) is 13.4. The number of rotatable bonds is 9. The van der Waals surface area contributed by atoms with E-state index in [1.807, 2.05) is 0 Å². The van der Waals surface area contributed by atoms with Crippen LogP contribution in [0.4, 0.5) is 0 Å². The lowest BCUT2D eigenvalue weighted by molar-refractivity contribution is 0.0968. The molecule has 4 rings (SSSR count). The fraction of sp³-hybridized carbons (Fsp3) is 0.702. The zero-order valence-electron chi connectivity index (χ0n) is 37.2. The lowest BCUT2D eigenvalue weighted by Gasteiger charge is -2.45. The number of allylic oxidation sites excluding steroid dienone is 3. The molecule has 3 aliphatic rings. The van der Waals surface area contributed by atoms with Gasteiger partial charge < -0.3 is 13.3 Å². The Labute approximate surface area is 330 Å². The van der Waals surface area contributed by atoms with E-state index in [9.17, 15) is 0 Å². The Hall–Kier alpha value is -1.47. The average molecular weight is 775 g/mol. The van der Waals surface area contributed by atoms with Gasteiger partial charge in [0, 0.05) is 17.9 Å². The van der Waals surface area contributed by atoms with Crippen molar-refractivity contribution in [3.63, 3.8) is 0 Å². The number of fused-ring (bicyclic) bond motifs is 1. The molecule has 0 amide bonds. The van der Waals surface area contributed by atoms with E-state index in [4.69, 9.17) is 19.9 Å².